The minimum absolute atomic E-state index is 0.204. The number of carbonyl (C=O) groups is 1. The van der Waals surface area contributed by atoms with Crippen LogP contribution in [0.2, 0.25) is 0 Å². The molecule has 21 heavy (non-hydrogen) atoms. The topological polar surface area (TPSA) is 59.3 Å². The molecule has 0 fully saturated rings. The van der Waals surface area contributed by atoms with Gasteiger partial charge in [-0.05, 0) is 30.7 Å². The average Bonchev–Trinajstić information content (AvgIpc) is 2.90. The van der Waals surface area contributed by atoms with Crippen molar-refractivity contribution >= 4 is 17.2 Å². The van der Waals surface area contributed by atoms with Crippen molar-refractivity contribution in [3.8, 4) is 0 Å². The third kappa shape index (κ3) is 2.45. The first-order chi connectivity index (χ1) is 10.0. The van der Waals surface area contributed by atoms with Crippen LogP contribution < -0.4 is 5.32 Å². The highest BCUT2D eigenvalue weighted by Gasteiger charge is 2.15. The number of benzene rings is 1. The number of amides is 1. The molecule has 0 unspecified atom stereocenters. The van der Waals surface area contributed by atoms with Crippen LogP contribution in [0.15, 0.2) is 36.8 Å². The molecule has 0 atom stereocenters. The number of anilines is 1. The fourth-order valence-electron chi connectivity index (χ4n) is 1.93. The third-order valence-corrected chi connectivity index (χ3v) is 3.04. The van der Waals surface area contributed by atoms with Crippen LogP contribution in [0.5, 0.6) is 0 Å². The van der Waals surface area contributed by atoms with E-state index in [1.54, 1.807) is 22.7 Å². The Morgan fingerprint density at radius 1 is 1.24 bits per heavy atom. The highest BCUT2D eigenvalue weighted by molar-refractivity contribution is 6.04. The number of nitrogens with one attached hydrogen (secondary N) is 1. The first-order valence-corrected chi connectivity index (χ1v) is 6.11. The summed E-state index contributed by atoms with van der Waals surface area (Å²) in [6, 6.07) is 5.16. The summed E-state index contributed by atoms with van der Waals surface area (Å²) in [5, 5.41) is 10.1. The van der Waals surface area contributed by atoms with Crippen molar-refractivity contribution in [2.24, 2.45) is 0 Å². The maximum Gasteiger partial charge on any atom is 0.258 e. The maximum absolute atomic E-state index is 13.7. The molecule has 0 spiro atoms. The number of aryl methyl sites for hydroxylation is 1. The van der Waals surface area contributed by atoms with Gasteiger partial charge in [0.15, 0.2) is 5.65 Å². The molecule has 0 radical (unpaired) electrons. The van der Waals surface area contributed by atoms with E-state index in [4.69, 9.17) is 0 Å². The molecule has 2 aromatic heterocycles. The second-order valence-electron chi connectivity index (χ2n) is 4.55. The van der Waals surface area contributed by atoms with Crippen LogP contribution in [0, 0.1) is 18.6 Å². The number of aromatic nitrogens is 3. The van der Waals surface area contributed by atoms with E-state index >= 15 is 0 Å². The predicted molar refractivity (Wildman–Crippen MR) is 72.0 cm³/mol. The molecule has 1 N–H and O–H groups in total. The Kier molecular flexibility index (Phi) is 3.09. The van der Waals surface area contributed by atoms with Crippen molar-refractivity contribution < 1.29 is 13.6 Å². The second-order valence-corrected chi connectivity index (χ2v) is 4.55. The quantitative estimate of drug-likeness (QED) is 0.788. The lowest BCUT2D eigenvalue weighted by atomic mass is 10.1. The third-order valence-electron chi connectivity index (χ3n) is 3.04. The van der Waals surface area contributed by atoms with E-state index in [0.717, 1.165) is 0 Å². The lowest BCUT2D eigenvalue weighted by Crippen LogP contribution is -2.14. The largest absolute Gasteiger partial charge is 0.321 e. The number of halogens is 2. The van der Waals surface area contributed by atoms with Gasteiger partial charge >= 0.3 is 0 Å². The Labute approximate surface area is 118 Å². The van der Waals surface area contributed by atoms with Gasteiger partial charge in [-0.1, -0.05) is 0 Å². The minimum atomic E-state index is -0.902. The van der Waals surface area contributed by atoms with E-state index in [9.17, 15) is 13.6 Å². The van der Waals surface area contributed by atoms with Crippen molar-refractivity contribution in [2.45, 2.75) is 6.92 Å². The van der Waals surface area contributed by atoms with Gasteiger partial charge in [-0.15, -0.1) is 10.2 Å². The molecule has 0 aliphatic heterocycles. The molecule has 2 heterocycles. The maximum atomic E-state index is 13.7. The molecule has 106 valence electrons. The molecule has 0 aliphatic carbocycles. The molecule has 0 aliphatic rings. The van der Waals surface area contributed by atoms with Crippen LogP contribution in [-0.4, -0.2) is 20.5 Å². The molecule has 0 saturated carbocycles. The number of carbonyl (C=O) groups excluding carboxylic acids is 1. The number of nitrogens with zero attached hydrogens (tertiary/aromatic N) is 3. The monoisotopic (exact) mass is 288 g/mol. The number of hydrogen-bond acceptors (Lipinski definition) is 3. The molecular weight excluding hydrogens is 278 g/mol. The minimum Gasteiger partial charge on any atom is -0.321 e. The molecule has 0 bridgehead atoms. The smallest absolute Gasteiger partial charge is 0.258 e. The van der Waals surface area contributed by atoms with Gasteiger partial charge in [0.25, 0.3) is 5.91 Å². The summed E-state index contributed by atoms with van der Waals surface area (Å²) < 4.78 is 28.5. The van der Waals surface area contributed by atoms with Crippen molar-refractivity contribution in [2.75, 3.05) is 5.32 Å². The SMILES string of the molecule is Cc1cc(C(=O)Nc2ccc3nncn3c2)c(F)cc1F. The van der Waals surface area contributed by atoms with Crippen LogP contribution in [0.1, 0.15) is 15.9 Å². The van der Waals surface area contributed by atoms with Gasteiger partial charge < -0.3 is 5.32 Å². The zero-order chi connectivity index (χ0) is 15.0. The van der Waals surface area contributed by atoms with Gasteiger partial charge in [0.2, 0.25) is 0 Å². The zero-order valence-electron chi connectivity index (χ0n) is 11.0. The Hall–Kier alpha value is -2.83. The van der Waals surface area contributed by atoms with E-state index in [2.05, 4.69) is 15.5 Å². The highest BCUT2D eigenvalue weighted by atomic mass is 19.1. The van der Waals surface area contributed by atoms with Gasteiger partial charge in [-0.25, -0.2) is 8.78 Å². The molecule has 7 heteroatoms. The van der Waals surface area contributed by atoms with Crippen molar-refractivity contribution in [3.63, 3.8) is 0 Å². The fourth-order valence-corrected chi connectivity index (χ4v) is 1.93. The summed E-state index contributed by atoms with van der Waals surface area (Å²) in [7, 11) is 0. The van der Waals surface area contributed by atoms with Crippen molar-refractivity contribution in [1.29, 1.82) is 0 Å². The van der Waals surface area contributed by atoms with E-state index in [1.807, 2.05) is 0 Å². The van der Waals surface area contributed by atoms with Crippen molar-refractivity contribution in [3.05, 3.63) is 59.6 Å². The van der Waals surface area contributed by atoms with E-state index in [0.29, 0.717) is 17.4 Å². The van der Waals surface area contributed by atoms with Gasteiger partial charge in [-0.2, -0.15) is 0 Å². The predicted octanol–water partition coefficient (Wildman–Crippen LogP) is 2.57. The Morgan fingerprint density at radius 2 is 2.05 bits per heavy atom. The lowest BCUT2D eigenvalue weighted by Gasteiger charge is -2.08. The first-order valence-electron chi connectivity index (χ1n) is 6.11. The summed E-state index contributed by atoms with van der Waals surface area (Å²) >= 11 is 0. The molecule has 3 rings (SSSR count). The highest BCUT2D eigenvalue weighted by Crippen LogP contribution is 2.16. The Balaban J connectivity index is 1.90. The lowest BCUT2D eigenvalue weighted by molar-refractivity contribution is 0.102. The molecule has 3 aromatic rings. The molecule has 5 nitrogen and oxygen atoms in total. The Morgan fingerprint density at radius 3 is 2.86 bits per heavy atom. The summed E-state index contributed by atoms with van der Waals surface area (Å²) in [6.07, 6.45) is 3.08. The summed E-state index contributed by atoms with van der Waals surface area (Å²) in [4.78, 5) is 12.1. The fraction of sp³-hybridized carbons (Fsp3) is 0.0714. The Bertz CT molecular complexity index is 844. The normalized spacial score (nSPS) is 10.8. The van der Waals surface area contributed by atoms with Crippen LogP contribution in [0.4, 0.5) is 14.5 Å². The average molecular weight is 288 g/mol. The zero-order valence-corrected chi connectivity index (χ0v) is 11.0. The number of rotatable bonds is 2. The first kappa shape index (κ1) is 13.2. The number of pyridine rings is 1. The van der Waals surface area contributed by atoms with E-state index in [-0.39, 0.29) is 11.1 Å². The van der Waals surface area contributed by atoms with Gasteiger partial charge in [0.05, 0.1) is 11.3 Å². The van der Waals surface area contributed by atoms with Crippen LogP contribution in [0.25, 0.3) is 5.65 Å². The van der Waals surface area contributed by atoms with Crippen LogP contribution in [-0.2, 0) is 0 Å². The summed E-state index contributed by atoms with van der Waals surface area (Å²) in [6.45, 7) is 1.47. The van der Waals surface area contributed by atoms with Crippen LogP contribution in [0.3, 0.4) is 0 Å². The van der Waals surface area contributed by atoms with Crippen molar-refractivity contribution in [1.82, 2.24) is 14.6 Å². The second kappa shape index (κ2) is 4.93. The number of hydrogen-bond donors (Lipinski definition) is 1. The van der Waals surface area contributed by atoms with Gasteiger partial charge in [-0.3, -0.25) is 9.20 Å². The molecular formula is C14H10F2N4O. The standard InChI is InChI=1S/C14H10F2N4O/c1-8-4-10(12(16)5-11(8)15)14(21)18-9-2-3-13-19-17-7-20(13)6-9/h2-7H,1H3,(H,18,21). The van der Waals surface area contributed by atoms with E-state index < -0.39 is 17.5 Å². The number of fused-ring (bicyclic) bond motifs is 1. The molecule has 1 amide bonds. The van der Waals surface area contributed by atoms with Gasteiger partial charge in [0.1, 0.15) is 18.0 Å². The summed E-state index contributed by atoms with van der Waals surface area (Å²) in [5.74, 6) is -2.24. The van der Waals surface area contributed by atoms with Gasteiger partial charge in [0, 0.05) is 12.3 Å². The van der Waals surface area contributed by atoms with Crippen LogP contribution >= 0.6 is 0 Å². The molecule has 1 aromatic carbocycles. The van der Waals surface area contributed by atoms with E-state index in [1.165, 1.54) is 19.3 Å². The summed E-state index contributed by atoms with van der Waals surface area (Å²) in [5.41, 5.74) is 1.07. The molecule has 0 saturated heterocycles.